The Labute approximate surface area is 78.2 Å². The predicted octanol–water partition coefficient (Wildman–Crippen LogP) is 0.306. The van der Waals surface area contributed by atoms with Gasteiger partial charge in [0.05, 0.1) is 5.60 Å². The number of likely N-dealkylation sites (tertiary alicyclic amines) is 1. The summed E-state index contributed by atoms with van der Waals surface area (Å²) in [7, 11) is 0. The first-order chi connectivity index (χ1) is 5.96. The van der Waals surface area contributed by atoms with Crippen molar-refractivity contribution in [2.75, 3.05) is 13.1 Å². The summed E-state index contributed by atoms with van der Waals surface area (Å²) in [5, 5.41) is 18.3. The molecule has 0 amide bonds. The largest absolute Gasteiger partial charge is 0.480 e. The lowest BCUT2D eigenvalue weighted by atomic mass is 9.93. The molecule has 0 spiro atoms. The van der Waals surface area contributed by atoms with Gasteiger partial charge in [-0.2, -0.15) is 0 Å². The zero-order valence-electron chi connectivity index (χ0n) is 8.16. The third-order valence-electron chi connectivity index (χ3n) is 2.38. The second kappa shape index (κ2) is 3.64. The van der Waals surface area contributed by atoms with Gasteiger partial charge in [-0.3, -0.25) is 9.69 Å². The molecule has 13 heavy (non-hydrogen) atoms. The average Bonchev–Trinajstić information content (AvgIpc) is 1.95. The monoisotopic (exact) mass is 187 g/mol. The van der Waals surface area contributed by atoms with E-state index in [1.807, 2.05) is 11.8 Å². The summed E-state index contributed by atoms with van der Waals surface area (Å²) in [6.07, 6.45) is 1.51. The Morgan fingerprint density at radius 1 is 1.62 bits per heavy atom. The Morgan fingerprint density at radius 2 is 2.15 bits per heavy atom. The molecule has 0 aliphatic carbocycles. The summed E-state index contributed by atoms with van der Waals surface area (Å²) in [4.78, 5) is 12.6. The van der Waals surface area contributed by atoms with Gasteiger partial charge in [0.2, 0.25) is 0 Å². The number of carbonyl (C=O) groups is 1. The molecule has 0 aromatic heterocycles. The molecule has 1 heterocycles. The molecule has 1 aliphatic rings. The average molecular weight is 187 g/mol. The fraction of sp³-hybridized carbons (Fsp3) is 0.889. The number of β-amino-alcohol motifs (C(OH)–C–C–N with tert-alkyl or cyclic N) is 1. The van der Waals surface area contributed by atoms with Crippen LogP contribution < -0.4 is 0 Å². The normalized spacial score (nSPS) is 23.6. The van der Waals surface area contributed by atoms with Gasteiger partial charge in [0.15, 0.2) is 0 Å². The van der Waals surface area contributed by atoms with Crippen LogP contribution in [0.2, 0.25) is 0 Å². The van der Waals surface area contributed by atoms with Gasteiger partial charge in [-0.1, -0.05) is 13.3 Å². The highest BCUT2D eigenvalue weighted by molar-refractivity contribution is 5.73. The van der Waals surface area contributed by atoms with Crippen LogP contribution in [0.3, 0.4) is 0 Å². The SMILES string of the molecule is CCCC(C(=O)O)N1CC(C)(O)C1. The minimum atomic E-state index is -0.780. The van der Waals surface area contributed by atoms with E-state index in [9.17, 15) is 9.90 Å². The highest BCUT2D eigenvalue weighted by Crippen LogP contribution is 2.24. The Bertz CT molecular complexity index is 195. The van der Waals surface area contributed by atoms with Gasteiger partial charge in [-0.05, 0) is 13.3 Å². The van der Waals surface area contributed by atoms with E-state index >= 15 is 0 Å². The molecule has 1 unspecified atom stereocenters. The van der Waals surface area contributed by atoms with E-state index in [2.05, 4.69) is 0 Å². The summed E-state index contributed by atoms with van der Waals surface area (Å²) in [6.45, 7) is 4.65. The van der Waals surface area contributed by atoms with Crippen LogP contribution >= 0.6 is 0 Å². The van der Waals surface area contributed by atoms with Gasteiger partial charge < -0.3 is 10.2 Å². The topological polar surface area (TPSA) is 60.8 Å². The van der Waals surface area contributed by atoms with Crippen molar-refractivity contribution < 1.29 is 15.0 Å². The van der Waals surface area contributed by atoms with Crippen LogP contribution in [-0.4, -0.2) is 45.8 Å². The summed E-state index contributed by atoms with van der Waals surface area (Å²) < 4.78 is 0. The second-order valence-corrected chi connectivity index (χ2v) is 4.04. The van der Waals surface area contributed by atoms with Crippen molar-refractivity contribution >= 4 is 5.97 Å². The molecule has 76 valence electrons. The zero-order valence-corrected chi connectivity index (χ0v) is 8.16. The van der Waals surface area contributed by atoms with Crippen molar-refractivity contribution in [1.29, 1.82) is 0 Å². The molecule has 1 aliphatic heterocycles. The molecule has 4 nitrogen and oxygen atoms in total. The van der Waals surface area contributed by atoms with Crippen molar-refractivity contribution in [2.45, 2.75) is 38.3 Å². The maximum atomic E-state index is 10.8. The molecule has 0 bridgehead atoms. The van der Waals surface area contributed by atoms with Crippen LogP contribution in [0.5, 0.6) is 0 Å². The molecule has 1 saturated heterocycles. The summed E-state index contributed by atoms with van der Waals surface area (Å²) in [5.41, 5.74) is -0.679. The first kappa shape index (κ1) is 10.5. The highest BCUT2D eigenvalue weighted by atomic mass is 16.4. The Balaban J connectivity index is 2.45. The number of aliphatic hydroxyl groups is 1. The molecule has 0 saturated carbocycles. The van der Waals surface area contributed by atoms with Crippen molar-refractivity contribution in [3.8, 4) is 0 Å². The van der Waals surface area contributed by atoms with Crippen LogP contribution in [-0.2, 0) is 4.79 Å². The predicted molar refractivity (Wildman–Crippen MR) is 48.5 cm³/mol. The lowest BCUT2D eigenvalue weighted by molar-refractivity contribution is -0.155. The van der Waals surface area contributed by atoms with Crippen LogP contribution in [0.15, 0.2) is 0 Å². The molecule has 4 heteroatoms. The van der Waals surface area contributed by atoms with Crippen molar-refractivity contribution in [3.63, 3.8) is 0 Å². The smallest absolute Gasteiger partial charge is 0.320 e. The summed E-state index contributed by atoms with van der Waals surface area (Å²) in [6, 6.07) is -0.412. The van der Waals surface area contributed by atoms with Gasteiger partial charge >= 0.3 is 5.97 Å². The number of carboxylic acid groups (broad SMARTS) is 1. The third kappa shape index (κ3) is 2.42. The van der Waals surface area contributed by atoms with E-state index in [0.717, 1.165) is 6.42 Å². The molecule has 0 radical (unpaired) electrons. The van der Waals surface area contributed by atoms with Crippen molar-refractivity contribution in [1.82, 2.24) is 4.90 Å². The number of hydrogen-bond acceptors (Lipinski definition) is 3. The molecule has 2 N–H and O–H groups in total. The van der Waals surface area contributed by atoms with Crippen molar-refractivity contribution in [3.05, 3.63) is 0 Å². The molecule has 1 rings (SSSR count). The van der Waals surface area contributed by atoms with E-state index < -0.39 is 17.6 Å². The fourth-order valence-electron chi connectivity index (χ4n) is 1.78. The molecule has 0 aromatic carbocycles. The van der Waals surface area contributed by atoms with E-state index in [-0.39, 0.29) is 0 Å². The number of hydrogen-bond donors (Lipinski definition) is 2. The third-order valence-corrected chi connectivity index (χ3v) is 2.38. The van der Waals surface area contributed by atoms with Gasteiger partial charge in [-0.15, -0.1) is 0 Å². The molecule has 0 aromatic rings. The quantitative estimate of drug-likeness (QED) is 0.665. The standard InChI is InChI=1S/C9H17NO3/c1-3-4-7(8(11)12)10-5-9(2,13)6-10/h7,13H,3-6H2,1-2H3,(H,11,12). The number of carboxylic acids is 1. The zero-order chi connectivity index (χ0) is 10.1. The van der Waals surface area contributed by atoms with Gasteiger partial charge in [-0.25, -0.2) is 0 Å². The number of rotatable bonds is 4. The lowest BCUT2D eigenvalue weighted by Crippen LogP contribution is -2.64. The van der Waals surface area contributed by atoms with Gasteiger partial charge in [0.1, 0.15) is 6.04 Å². The summed E-state index contributed by atoms with van der Waals surface area (Å²) in [5.74, 6) is -0.780. The van der Waals surface area contributed by atoms with Crippen LogP contribution in [0, 0.1) is 0 Å². The van der Waals surface area contributed by atoms with Gasteiger partial charge in [0.25, 0.3) is 0 Å². The van der Waals surface area contributed by atoms with E-state index in [4.69, 9.17) is 5.11 Å². The molecular weight excluding hydrogens is 170 g/mol. The maximum Gasteiger partial charge on any atom is 0.320 e. The Morgan fingerprint density at radius 3 is 2.46 bits per heavy atom. The first-order valence-corrected chi connectivity index (χ1v) is 4.65. The number of aliphatic carboxylic acids is 1. The van der Waals surface area contributed by atoms with E-state index in [1.54, 1.807) is 6.92 Å². The molecule has 1 atom stereocenters. The van der Waals surface area contributed by atoms with E-state index in [1.165, 1.54) is 0 Å². The fourth-order valence-corrected chi connectivity index (χ4v) is 1.78. The van der Waals surface area contributed by atoms with Crippen molar-refractivity contribution in [2.24, 2.45) is 0 Å². The van der Waals surface area contributed by atoms with Crippen LogP contribution in [0.25, 0.3) is 0 Å². The molecule has 1 fully saturated rings. The van der Waals surface area contributed by atoms with E-state index in [0.29, 0.717) is 19.5 Å². The number of nitrogens with zero attached hydrogens (tertiary/aromatic N) is 1. The van der Waals surface area contributed by atoms with Crippen LogP contribution in [0.1, 0.15) is 26.7 Å². The Hall–Kier alpha value is -0.610. The minimum absolute atomic E-state index is 0.412. The highest BCUT2D eigenvalue weighted by Gasteiger charge is 2.42. The molecular formula is C9H17NO3. The summed E-state index contributed by atoms with van der Waals surface area (Å²) >= 11 is 0. The lowest BCUT2D eigenvalue weighted by Gasteiger charge is -2.47. The van der Waals surface area contributed by atoms with Gasteiger partial charge in [0, 0.05) is 13.1 Å². The second-order valence-electron chi connectivity index (χ2n) is 4.04. The Kier molecular flexibility index (Phi) is 2.93. The first-order valence-electron chi connectivity index (χ1n) is 4.65. The van der Waals surface area contributed by atoms with Crippen LogP contribution in [0.4, 0.5) is 0 Å². The minimum Gasteiger partial charge on any atom is -0.480 e. The maximum absolute atomic E-state index is 10.8.